The van der Waals surface area contributed by atoms with Crippen molar-refractivity contribution in [1.82, 2.24) is 9.62 Å². The largest absolute Gasteiger partial charge is 0.464 e. The fraction of sp³-hybridized carbons (Fsp3) is 0.667. The Morgan fingerprint density at radius 2 is 2.21 bits per heavy atom. The van der Waals surface area contributed by atoms with Crippen LogP contribution in [0.4, 0.5) is 4.79 Å². The van der Waals surface area contributed by atoms with Gasteiger partial charge in [-0.05, 0) is 6.42 Å². The number of hydrogen-bond donors (Lipinski definition) is 1. The van der Waals surface area contributed by atoms with E-state index in [2.05, 4.69) is 9.71 Å². The van der Waals surface area contributed by atoms with Gasteiger partial charge in [0.2, 0.25) is 0 Å². The Morgan fingerprint density at radius 1 is 1.57 bits per heavy atom. The second-order valence-corrected chi connectivity index (χ2v) is 4.25. The summed E-state index contributed by atoms with van der Waals surface area (Å²) >= 11 is 0. The number of rotatable bonds is 2. The summed E-state index contributed by atoms with van der Waals surface area (Å²) < 4.78 is 31.0. The molecule has 7 nitrogen and oxygen atoms in total. The standard InChI is InChI=1S/C6H11N3O4S/c1-3-4-13-5-7-6(10)9(2)14(11,12)8-5/h3-4H2,1-2H3,(H,7,8,10). The lowest BCUT2D eigenvalue weighted by molar-refractivity contribution is 0.224. The SMILES string of the molecule is CCCOC1=NS(=O)(=O)N(C)C(=O)N1. The number of nitrogens with one attached hydrogen (secondary N) is 1. The zero-order valence-corrected chi connectivity index (χ0v) is 8.67. The average molecular weight is 221 g/mol. The van der Waals surface area contributed by atoms with Crippen LogP contribution >= 0.6 is 0 Å². The van der Waals surface area contributed by atoms with Gasteiger partial charge in [-0.25, -0.2) is 9.10 Å². The highest BCUT2D eigenvalue weighted by molar-refractivity contribution is 7.88. The molecule has 2 amide bonds. The van der Waals surface area contributed by atoms with Crippen LogP contribution in [0.2, 0.25) is 0 Å². The van der Waals surface area contributed by atoms with E-state index in [1.54, 1.807) is 0 Å². The third-order valence-electron chi connectivity index (χ3n) is 1.49. The molecule has 0 aromatic carbocycles. The smallest absolute Gasteiger partial charge is 0.352 e. The van der Waals surface area contributed by atoms with Gasteiger partial charge in [0.25, 0.3) is 0 Å². The van der Waals surface area contributed by atoms with Crippen LogP contribution in [0.1, 0.15) is 13.3 Å². The minimum atomic E-state index is -3.91. The van der Waals surface area contributed by atoms with E-state index in [4.69, 9.17) is 4.74 Å². The van der Waals surface area contributed by atoms with Crippen molar-refractivity contribution < 1.29 is 17.9 Å². The first-order chi connectivity index (χ1) is 6.47. The molecule has 0 aromatic rings. The Hall–Kier alpha value is -1.31. The third kappa shape index (κ3) is 2.13. The van der Waals surface area contributed by atoms with Gasteiger partial charge in [0.1, 0.15) is 0 Å². The number of carbonyl (C=O) groups excluding carboxylic acids is 1. The number of urea groups is 1. The molecule has 0 aromatic heterocycles. The normalized spacial score (nSPS) is 20.0. The van der Waals surface area contributed by atoms with Crippen LogP contribution in [0.5, 0.6) is 0 Å². The number of amidine groups is 1. The van der Waals surface area contributed by atoms with Crippen molar-refractivity contribution in [3.05, 3.63) is 0 Å². The topological polar surface area (TPSA) is 88.1 Å². The van der Waals surface area contributed by atoms with Crippen LogP contribution in [0.15, 0.2) is 4.40 Å². The lowest BCUT2D eigenvalue weighted by Gasteiger charge is -2.20. The zero-order chi connectivity index (χ0) is 10.8. The van der Waals surface area contributed by atoms with Crippen molar-refractivity contribution in [3.63, 3.8) is 0 Å². The third-order valence-corrected chi connectivity index (χ3v) is 2.74. The van der Waals surface area contributed by atoms with Crippen molar-refractivity contribution in [2.75, 3.05) is 13.7 Å². The van der Waals surface area contributed by atoms with E-state index in [1.165, 1.54) is 0 Å². The fourth-order valence-electron chi connectivity index (χ4n) is 0.725. The molecule has 0 fully saturated rings. The van der Waals surface area contributed by atoms with Gasteiger partial charge < -0.3 is 4.74 Å². The summed E-state index contributed by atoms with van der Waals surface area (Å²) in [7, 11) is -2.79. The molecule has 1 heterocycles. The number of amides is 2. The van der Waals surface area contributed by atoms with Crippen LogP contribution in [-0.2, 0) is 14.9 Å². The van der Waals surface area contributed by atoms with Crippen LogP contribution in [0.3, 0.4) is 0 Å². The predicted molar refractivity (Wildman–Crippen MR) is 48.9 cm³/mol. The zero-order valence-electron chi connectivity index (χ0n) is 7.85. The summed E-state index contributed by atoms with van der Waals surface area (Å²) in [5.74, 6) is 0. The molecule has 0 saturated heterocycles. The lowest BCUT2D eigenvalue weighted by Crippen LogP contribution is -2.48. The van der Waals surface area contributed by atoms with E-state index in [-0.39, 0.29) is 6.02 Å². The first kappa shape index (κ1) is 10.8. The van der Waals surface area contributed by atoms with E-state index in [9.17, 15) is 13.2 Å². The summed E-state index contributed by atoms with van der Waals surface area (Å²) in [6, 6.07) is -1.04. The lowest BCUT2D eigenvalue weighted by atomic mass is 10.5. The van der Waals surface area contributed by atoms with Gasteiger partial charge >= 0.3 is 22.3 Å². The van der Waals surface area contributed by atoms with Crippen LogP contribution in [0.25, 0.3) is 0 Å². The monoisotopic (exact) mass is 221 g/mol. The molecule has 80 valence electrons. The van der Waals surface area contributed by atoms with Crippen molar-refractivity contribution in [1.29, 1.82) is 0 Å². The Labute approximate surface area is 81.9 Å². The molecule has 0 unspecified atom stereocenters. The Morgan fingerprint density at radius 3 is 2.71 bits per heavy atom. The number of carbonyl (C=O) groups is 1. The second kappa shape index (κ2) is 3.82. The maximum atomic E-state index is 11.2. The molecule has 0 bridgehead atoms. The van der Waals surface area contributed by atoms with E-state index < -0.39 is 16.2 Å². The maximum Gasteiger partial charge on any atom is 0.352 e. The molecule has 0 radical (unpaired) electrons. The minimum Gasteiger partial charge on any atom is -0.464 e. The molecule has 0 spiro atoms. The molecule has 1 N–H and O–H groups in total. The summed E-state index contributed by atoms with van der Waals surface area (Å²) in [6.45, 7) is 2.16. The van der Waals surface area contributed by atoms with Crippen molar-refractivity contribution in [3.8, 4) is 0 Å². The molecule has 0 aliphatic carbocycles. The molecule has 0 saturated carbocycles. The Bertz CT molecular complexity index is 361. The summed E-state index contributed by atoms with van der Waals surface area (Å²) in [6.07, 6.45) is 0.699. The van der Waals surface area contributed by atoms with E-state index >= 15 is 0 Å². The second-order valence-electron chi connectivity index (χ2n) is 2.62. The fourth-order valence-corrected chi connectivity index (χ4v) is 1.41. The molecule has 1 aliphatic rings. The summed E-state index contributed by atoms with van der Waals surface area (Å²) in [4.78, 5) is 11.1. The minimum absolute atomic E-state index is 0.269. The van der Waals surface area contributed by atoms with Gasteiger partial charge in [-0.2, -0.15) is 8.42 Å². The van der Waals surface area contributed by atoms with E-state index in [0.717, 1.165) is 7.05 Å². The van der Waals surface area contributed by atoms with Gasteiger partial charge in [-0.3, -0.25) is 5.32 Å². The van der Waals surface area contributed by atoms with E-state index in [0.29, 0.717) is 17.3 Å². The Balaban J connectivity index is 2.85. The van der Waals surface area contributed by atoms with Crippen molar-refractivity contribution in [2.45, 2.75) is 13.3 Å². The molecule has 8 heteroatoms. The maximum absolute atomic E-state index is 11.2. The number of ether oxygens (including phenoxy) is 1. The number of hydrogen-bond acceptors (Lipinski definition) is 4. The van der Waals surface area contributed by atoms with Gasteiger partial charge in [-0.1, -0.05) is 11.3 Å². The van der Waals surface area contributed by atoms with Gasteiger partial charge in [-0.15, -0.1) is 0 Å². The predicted octanol–water partition coefficient (Wildman–Crippen LogP) is -0.331. The summed E-state index contributed by atoms with van der Waals surface area (Å²) in [5, 5.41) is 2.19. The molecular weight excluding hydrogens is 210 g/mol. The van der Waals surface area contributed by atoms with Gasteiger partial charge in [0, 0.05) is 7.05 Å². The van der Waals surface area contributed by atoms with E-state index in [1.807, 2.05) is 6.92 Å². The first-order valence-electron chi connectivity index (χ1n) is 4.00. The highest BCUT2D eigenvalue weighted by Gasteiger charge is 2.30. The summed E-state index contributed by atoms with van der Waals surface area (Å²) in [5.41, 5.74) is 0. The highest BCUT2D eigenvalue weighted by Crippen LogP contribution is 2.06. The molecule has 0 atom stereocenters. The molecule has 1 aliphatic heterocycles. The molecule has 1 rings (SSSR count). The van der Waals surface area contributed by atoms with Gasteiger partial charge in [0.15, 0.2) is 0 Å². The van der Waals surface area contributed by atoms with Gasteiger partial charge in [0.05, 0.1) is 6.61 Å². The van der Waals surface area contributed by atoms with Crippen molar-refractivity contribution in [2.24, 2.45) is 4.40 Å². The quantitative estimate of drug-likeness (QED) is 0.691. The van der Waals surface area contributed by atoms with Crippen LogP contribution < -0.4 is 5.32 Å². The molecular formula is C6H11N3O4S. The number of nitrogens with zero attached hydrogens (tertiary/aromatic N) is 2. The van der Waals surface area contributed by atoms with Crippen molar-refractivity contribution >= 4 is 22.3 Å². The van der Waals surface area contributed by atoms with Crippen LogP contribution in [0, 0.1) is 0 Å². The average Bonchev–Trinajstić information content (AvgIpc) is 2.10. The van der Waals surface area contributed by atoms with Crippen LogP contribution in [-0.4, -0.2) is 38.4 Å². The highest BCUT2D eigenvalue weighted by atomic mass is 32.2. The molecule has 14 heavy (non-hydrogen) atoms. The first-order valence-corrected chi connectivity index (χ1v) is 5.39. The Kier molecular flexibility index (Phi) is 2.94.